The van der Waals surface area contributed by atoms with E-state index in [1.807, 2.05) is 25.3 Å². The van der Waals surface area contributed by atoms with Crippen molar-refractivity contribution < 1.29 is 19.1 Å². The number of thioether (sulfide) groups is 1. The summed E-state index contributed by atoms with van der Waals surface area (Å²) in [5.74, 6) is -1.35. The third-order valence-corrected chi connectivity index (χ3v) is 3.72. The fourth-order valence-electron chi connectivity index (χ4n) is 1.69. The average Bonchev–Trinajstić information content (AvgIpc) is 2.57. The fraction of sp³-hybridized carbons (Fsp3) is 0.438. The van der Waals surface area contributed by atoms with Gasteiger partial charge in [-0.15, -0.1) is 11.8 Å². The van der Waals surface area contributed by atoms with Gasteiger partial charge in [0, 0.05) is 11.4 Å². The van der Waals surface area contributed by atoms with Gasteiger partial charge in [-0.1, -0.05) is 6.92 Å². The van der Waals surface area contributed by atoms with Gasteiger partial charge in [0.25, 0.3) is 5.91 Å². The van der Waals surface area contributed by atoms with Crippen LogP contribution in [0.25, 0.3) is 0 Å². The lowest BCUT2D eigenvalue weighted by Gasteiger charge is -2.13. The second-order valence-electron chi connectivity index (χ2n) is 4.88. The first-order valence-corrected chi connectivity index (χ1v) is 8.58. The first kappa shape index (κ1) is 19.0. The van der Waals surface area contributed by atoms with Crippen LogP contribution in [-0.4, -0.2) is 43.2 Å². The van der Waals surface area contributed by atoms with E-state index in [9.17, 15) is 14.4 Å². The van der Waals surface area contributed by atoms with Gasteiger partial charge in [0.15, 0.2) is 6.61 Å². The average molecular weight is 338 g/mol. The van der Waals surface area contributed by atoms with Crippen molar-refractivity contribution in [1.82, 2.24) is 10.6 Å². The Morgan fingerprint density at radius 3 is 2.43 bits per heavy atom. The van der Waals surface area contributed by atoms with Crippen LogP contribution in [0.15, 0.2) is 29.2 Å². The van der Waals surface area contributed by atoms with E-state index < -0.39 is 24.5 Å². The molecule has 0 aliphatic rings. The topological polar surface area (TPSA) is 84.5 Å². The minimum Gasteiger partial charge on any atom is -0.452 e. The van der Waals surface area contributed by atoms with Gasteiger partial charge in [-0.05, 0) is 43.9 Å². The molecule has 0 heterocycles. The summed E-state index contributed by atoms with van der Waals surface area (Å²) < 4.78 is 4.94. The van der Waals surface area contributed by atoms with Gasteiger partial charge in [0.05, 0.1) is 5.56 Å². The van der Waals surface area contributed by atoms with Gasteiger partial charge in [0.1, 0.15) is 6.04 Å². The van der Waals surface area contributed by atoms with Crippen LogP contribution < -0.4 is 10.6 Å². The minimum atomic E-state index is -0.673. The standard InChI is InChI=1S/C16H22N2O4S/c1-4-9-17-15(20)11(2)18-14(19)10-22-16(21)12-5-7-13(23-3)8-6-12/h5-8,11H,4,9-10H2,1-3H3,(H,17,20)(H,18,19)/t11-/m0/s1. The van der Waals surface area contributed by atoms with Crippen molar-refractivity contribution in [2.75, 3.05) is 19.4 Å². The van der Waals surface area contributed by atoms with Crippen molar-refractivity contribution in [2.24, 2.45) is 0 Å². The molecule has 0 fully saturated rings. The van der Waals surface area contributed by atoms with Crippen LogP contribution in [0.3, 0.4) is 0 Å². The Balaban J connectivity index is 2.39. The molecule has 7 heteroatoms. The molecular weight excluding hydrogens is 316 g/mol. The molecule has 0 aromatic heterocycles. The second kappa shape index (κ2) is 9.89. The van der Waals surface area contributed by atoms with E-state index in [4.69, 9.17) is 4.74 Å². The number of ether oxygens (including phenoxy) is 1. The summed E-state index contributed by atoms with van der Waals surface area (Å²) in [5, 5.41) is 5.16. The summed E-state index contributed by atoms with van der Waals surface area (Å²) in [5.41, 5.74) is 0.379. The quantitative estimate of drug-likeness (QED) is 0.555. The number of carbonyl (C=O) groups excluding carboxylic acids is 3. The van der Waals surface area contributed by atoms with Gasteiger partial charge in [-0.2, -0.15) is 0 Å². The molecule has 0 saturated heterocycles. The zero-order valence-electron chi connectivity index (χ0n) is 13.5. The van der Waals surface area contributed by atoms with Crippen molar-refractivity contribution >= 4 is 29.5 Å². The lowest BCUT2D eigenvalue weighted by atomic mass is 10.2. The molecule has 0 spiro atoms. The van der Waals surface area contributed by atoms with Gasteiger partial charge < -0.3 is 15.4 Å². The maximum Gasteiger partial charge on any atom is 0.338 e. The summed E-state index contributed by atoms with van der Waals surface area (Å²) >= 11 is 1.57. The highest BCUT2D eigenvalue weighted by molar-refractivity contribution is 7.98. The molecule has 0 aliphatic heterocycles. The van der Waals surface area contributed by atoms with Gasteiger partial charge in [-0.25, -0.2) is 4.79 Å². The van der Waals surface area contributed by atoms with Crippen molar-refractivity contribution in [1.29, 1.82) is 0 Å². The summed E-state index contributed by atoms with van der Waals surface area (Å²) in [7, 11) is 0. The van der Waals surface area contributed by atoms with Crippen LogP contribution in [0, 0.1) is 0 Å². The maximum absolute atomic E-state index is 11.8. The normalized spacial score (nSPS) is 11.4. The number of rotatable bonds is 8. The Bertz CT molecular complexity index is 546. The third kappa shape index (κ3) is 6.73. The molecule has 2 N–H and O–H groups in total. The van der Waals surface area contributed by atoms with Crippen LogP contribution in [0.2, 0.25) is 0 Å². The first-order chi connectivity index (χ1) is 11.0. The molecule has 0 saturated carbocycles. The molecule has 1 aromatic carbocycles. The van der Waals surface area contributed by atoms with E-state index in [2.05, 4.69) is 10.6 Å². The van der Waals surface area contributed by atoms with Crippen LogP contribution in [0.4, 0.5) is 0 Å². The Morgan fingerprint density at radius 1 is 1.22 bits per heavy atom. The summed E-state index contributed by atoms with van der Waals surface area (Å²) in [6.07, 6.45) is 2.76. The maximum atomic E-state index is 11.8. The van der Waals surface area contributed by atoms with Crippen LogP contribution in [0.5, 0.6) is 0 Å². The van der Waals surface area contributed by atoms with E-state index in [1.165, 1.54) is 0 Å². The molecule has 1 aromatic rings. The minimum absolute atomic E-state index is 0.265. The molecule has 0 aliphatic carbocycles. The molecule has 0 unspecified atom stereocenters. The number of amides is 2. The zero-order valence-corrected chi connectivity index (χ0v) is 14.4. The smallest absolute Gasteiger partial charge is 0.338 e. The molecule has 0 radical (unpaired) electrons. The lowest BCUT2D eigenvalue weighted by molar-refractivity contribution is -0.130. The first-order valence-electron chi connectivity index (χ1n) is 7.36. The molecule has 0 bridgehead atoms. The number of carbonyl (C=O) groups is 3. The van der Waals surface area contributed by atoms with Crippen molar-refractivity contribution in [3.63, 3.8) is 0 Å². The highest BCUT2D eigenvalue weighted by Gasteiger charge is 2.16. The van der Waals surface area contributed by atoms with Crippen LogP contribution in [-0.2, 0) is 14.3 Å². The van der Waals surface area contributed by atoms with E-state index in [1.54, 1.807) is 30.8 Å². The second-order valence-corrected chi connectivity index (χ2v) is 5.76. The van der Waals surface area contributed by atoms with Crippen LogP contribution in [0.1, 0.15) is 30.6 Å². The molecular formula is C16H22N2O4S. The van der Waals surface area contributed by atoms with E-state index in [-0.39, 0.29) is 5.91 Å². The Kier molecular flexibility index (Phi) is 8.18. The van der Waals surface area contributed by atoms with Crippen molar-refractivity contribution in [3.8, 4) is 0 Å². The van der Waals surface area contributed by atoms with Crippen LogP contribution >= 0.6 is 11.8 Å². The number of hydrogen-bond donors (Lipinski definition) is 2. The van der Waals surface area contributed by atoms with Gasteiger partial charge in [0.2, 0.25) is 5.91 Å². The summed E-state index contributed by atoms with van der Waals surface area (Å²) in [4.78, 5) is 36.2. The predicted octanol–water partition coefficient (Wildman–Crippen LogP) is 1.60. The summed E-state index contributed by atoms with van der Waals surface area (Å²) in [6.45, 7) is 3.65. The van der Waals surface area contributed by atoms with Crippen molar-refractivity contribution in [3.05, 3.63) is 29.8 Å². The Hall–Kier alpha value is -2.02. The monoisotopic (exact) mass is 338 g/mol. The Labute approximate surface area is 140 Å². The molecule has 2 amide bonds. The SMILES string of the molecule is CCCNC(=O)[C@H](C)NC(=O)COC(=O)c1ccc(SC)cc1. The van der Waals surface area contributed by atoms with E-state index in [0.717, 1.165) is 11.3 Å². The molecule has 23 heavy (non-hydrogen) atoms. The lowest BCUT2D eigenvalue weighted by Crippen LogP contribution is -2.46. The van der Waals surface area contributed by atoms with E-state index in [0.29, 0.717) is 12.1 Å². The number of esters is 1. The predicted molar refractivity (Wildman–Crippen MR) is 89.4 cm³/mol. The highest BCUT2D eigenvalue weighted by atomic mass is 32.2. The van der Waals surface area contributed by atoms with E-state index >= 15 is 0 Å². The Morgan fingerprint density at radius 2 is 1.87 bits per heavy atom. The van der Waals surface area contributed by atoms with Gasteiger partial charge >= 0.3 is 5.97 Å². The number of hydrogen-bond acceptors (Lipinski definition) is 5. The number of benzene rings is 1. The fourth-order valence-corrected chi connectivity index (χ4v) is 2.10. The molecule has 1 rings (SSSR count). The molecule has 1 atom stereocenters. The third-order valence-electron chi connectivity index (χ3n) is 2.98. The highest BCUT2D eigenvalue weighted by Crippen LogP contribution is 2.15. The zero-order chi connectivity index (χ0) is 17.2. The van der Waals surface area contributed by atoms with Crippen molar-refractivity contribution in [2.45, 2.75) is 31.2 Å². The number of nitrogens with one attached hydrogen (secondary N) is 2. The largest absolute Gasteiger partial charge is 0.452 e. The molecule has 6 nitrogen and oxygen atoms in total. The van der Waals surface area contributed by atoms with Gasteiger partial charge in [-0.3, -0.25) is 9.59 Å². The summed E-state index contributed by atoms with van der Waals surface area (Å²) in [6, 6.07) is 6.23. The molecule has 126 valence electrons.